The molecule has 1 unspecified atom stereocenters. The van der Waals surface area contributed by atoms with E-state index in [-0.39, 0.29) is 27.3 Å². The zero-order valence-corrected chi connectivity index (χ0v) is 8.41. The van der Waals surface area contributed by atoms with Crippen molar-refractivity contribution in [2.24, 2.45) is 0 Å². The van der Waals surface area contributed by atoms with Crippen molar-refractivity contribution in [2.45, 2.75) is 13.0 Å². The molecule has 0 heterocycles. The van der Waals surface area contributed by atoms with E-state index in [4.69, 9.17) is 5.11 Å². The van der Waals surface area contributed by atoms with E-state index in [0.29, 0.717) is 0 Å². The Morgan fingerprint density at radius 2 is 2.00 bits per heavy atom. The van der Waals surface area contributed by atoms with Crippen LogP contribution in [0.25, 0.3) is 0 Å². The van der Waals surface area contributed by atoms with Crippen molar-refractivity contribution in [3.8, 4) is 0 Å². The standard InChI is InChI=1S/C3H6O3.Tl/c1-2(4)3(5)6;/h2,4H,1H3,(H,5,6);/q;+1/p-1. The Kier molecular flexibility index (Phi) is 6.67. The molecule has 0 rings (SSSR count). The Labute approximate surface area is 61.5 Å². The van der Waals surface area contributed by atoms with Crippen LogP contribution in [0.3, 0.4) is 0 Å². The molecule has 38 valence electrons. The first-order chi connectivity index (χ1) is 2.64. The molecular formula is C3H5O3Tl. The minimum absolute atomic E-state index is 0. The van der Waals surface area contributed by atoms with Crippen molar-refractivity contribution in [3.63, 3.8) is 0 Å². The molecule has 0 aliphatic heterocycles. The Morgan fingerprint density at radius 3 is 2.00 bits per heavy atom. The van der Waals surface area contributed by atoms with Gasteiger partial charge >= 0.3 is 27.3 Å². The van der Waals surface area contributed by atoms with E-state index in [9.17, 15) is 9.90 Å². The molecule has 0 amide bonds. The van der Waals surface area contributed by atoms with Gasteiger partial charge in [-0.3, -0.25) is 0 Å². The first kappa shape index (κ1) is 10.4. The largest absolute Gasteiger partial charge is 1.00 e. The van der Waals surface area contributed by atoms with Crippen molar-refractivity contribution in [1.29, 1.82) is 0 Å². The monoisotopic (exact) mass is 294 g/mol. The number of aliphatic carboxylic acids is 1. The van der Waals surface area contributed by atoms with E-state index in [1.807, 2.05) is 0 Å². The van der Waals surface area contributed by atoms with Crippen molar-refractivity contribution >= 4 is 33.3 Å². The van der Waals surface area contributed by atoms with Crippen LogP contribution >= 0.6 is 0 Å². The number of aliphatic hydroxyl groups excluding tert-OH is 1. The van der Waals surface area contributed by atoms with Gasteiger partial charge in [0, 0.05) is 0 Å². The SMILES string of the molecule is CC(O)C(=O)[O-].[Tl+]. The number of hydrogen-bond donors (Lipinski definition) is 1. The molecule has 0 aromatic heterocycles. The second kappa shape index (κ2) is 4.51. The fraction of sp³-hybridized carbons (Fsp3) is 0.667. The van der Waals surface area contributed by atoms with Crippen LogP contribution in [0, 0.1) is 0 Å². The molecule has 0 saturated carbocycles. The van der Waals surface area contributed by atoms with Crippen molar-refractivity contribution in [3.05, 3.63) is 0 Å². The van der Waals surface area contributed by atoms with Crippen LogP contribution in [0.15, 0.2) is 0 Å². The molecule has 0 aliphatic rings. The normalized spacial score (nSPS) is 11.7. The topological polar surface area (TPSA) is 60.4 Å². The van der Waals surface area contributed by atoms with Crippen LogP contribution < -0.4 is 5.11 Å². The number of hydrogen-bond acceptors (Lipinski definition) is 3. The molecule has 0 aromatic rings. The summed E-state index contributed by atoms with van der Waals surface area (Å²) in [7, 11) is 0. The quantitative estimate of drug-likeness (QED) is 0.555. The second-order valence-electron chi connectivity index (χ2n) is 0.995. The Hall–Kier alpha value is 0.352. The maximum Gasteiger partial charge on any atom is 1.00 e. The summed E-state index contributed by atoms with van der Waals surface area (Å²) in [6.07, 6.45) is -1.34. The van der Waals surface area contributed by atoms with E-state index >= 15 is 0 Å². The van der Waals surface area contributed by atoms with Crippen molar-refractivity contribution in [1.82, 2.24) is 0 Å². The van der Waals surface area contributed by atoms with Crippen molar-refractivity contribution < 1.29 is 15.0 Å². The number of rotatable bonds is 1. The molecule has 4 heteroatoms. The summed E-state index contributed by atoms with van der Waals surface area (Å²) in [5, 5.41) is 17.3. The maximum atomic E-state index is 9.34. The fourth-order valence-electron chi connectivity index (χ4n) is 0. The molecule has 1 atom stereocenters. The molecule has 7 heavy (non-hydrogen) atoms. The summed E-state index contributed by atoms with van der Waals surface area (Å²) in [5.41, 5.74) is 0. The third-order valence-corrected chi connectivity index (χ3v) is 0.341. The van der Waals surface area contributed by atoms with E-state index in [1.54, 1.807) is 0 Å². The molecule has 3 nitrogen and oxygen atoms in total. The number of carbonyl (C=O) groups excluding carboxylic acids is 1. The molecule has 1 N–H and O–H groups in total. The number of aliphatic hydroxyl groups is 1. The van der Waals surface area contributed by atoms with Crippen LogP contribution in [-0.4, -0.2) is 44.5 Å². The van der Waals surface area contributed by atoms with E-state index in [1.165, 1.54) is 0 Å². The summed E-state index contributed by atoms with van der Waals surface area (Å²) in [5.74, 6) is -1.44. The Morgan fingerprint density at radius 1 is 1.86 bits per heavy atom. The van der Waals surface area contributed by atoms with Gasteiger partial charge in [0.05, 0.1) is 12.1 Å². The smallest absolute Gasteiger partial charge is 0.547 e. The number of carbonyl (C=O) groups is 1. The first-order valence-electron chi connectivity index (χ1n) is 1.53. The minimum Gasteiger partial charge on any atom is -0.547 e. The van der Waals surface area contributed by atoms with Gasteiger partial charge in [-0.1, -0.05) is 0 Å². The van der Waals surface area contributed by atoms with E-state index in [2.05, 4.69) is 0 Å². The van der Waals surface area contributed by atoms with Gasteiger partial charge in [0.1, 0.15) is 0 Å². The fourth-order valence-corrected chi connectivity index (χ4v) is 0. The van der Waals surface area contributed by atoms with E-state index in [0.717, 1.165) is 6.92 Å². The summed E-state index contributed by atoms with van der Waals surface area (Å²) < 4.78 is 0. The first-order valence-corrected chi connectivity index (χ1v) is 1.53. The van der Waals surface area contributed by atoms with Crippen molar-refractivity contribution in [2.75, 3.05) is 0 Å². The van der Waals surface area contributed by atoms with Crippen LogP contribution in [0.2, 0.25) is 0 Å². The van der Waals surface area contributed by atoms with Crippen LogP contribution in [-0.2, 0) is 4.79 Å². The predicted molar refractivity (Wildman–Crippen MR) is 22.4 cm³/mol. The summed E-state index contributed by atoms with van der Waals surface area (Å²) >= 11 is 0. The van der Waals surface area contributed by atoms with Gasteiger partial charge < -0.3 is 15.0 Å². The molecule has 0 radical (unpaired) electrons. The zero-order valence-electron chi connectivity index (χ0n) is 3.92. The Bertz CT molecular complexity index is 61.2. The van der Waals surface area contributed by atoms with Gasteiger partial charge in [0.25, 0.3) is 0 Å². The van der Waals surface area contributed by atoms with Crippen LogP contribution in [0.4, 0.5) is 0 Å². The van der Waals surface area contributed by atoms with Gasteiger partial charge in [-0.15, -0.1) is 0 Å². The zero-order chi connectivity index (χ0) is 5.15. The average Bonchev–Trinajstić information content (AvgIpc) is 1.36. The number of carboxylic acids is 1. The molecule has 0 aromatic carbocycles. The Balaban J connectivity index is 0. The molecule has 0 fully saturated rings. The summed E-state index contributed by atoms with van der Waals surface area (Å²) in [6, 6.07) is 0. The molecular weight excluding hydrogens is 288 g/mol. The van der Waals surface area contributed by atoms with Gasteiger partial charge in [-0.25, -0.2) is 0 Å². The molecule has 0 bridgehead atoms. The van der Waals surface area contributed by atoms with Crippen LogP contribution in [0.5, 0.6) is 0 Å². The van der Waals surface area contributed by atoms with E-state index < -0.39 is 12.1 Å². The van der Waals surface area contributed by atoms with Crippen LogP contribution in [0.1, 0.15) is 6.92 Å². The third kappa shape index (κ3) is 6.35. The predicted octanol–water partition coefficient (Wildman–Crippen LogP) is -2.26. The summed E-state index contributed by atoms with van der Waals surface area (Å²) in [4.78, 5) is 9.34. The van der Waals surface area contributed by atoms with Gasteiger partial charge in [0.2, 0.25) is 0 Å². The van der Waals surface area contributed by atoms with Gasteiger partial charge in [0.15, 0.2) is 0 Å². The van der Waals surface area contributed by atoms with Gasteiger partial charge in [-0.05, 0) is 6.92 Å². The third-order valence-electron chi connectivity index (χ3n) is 0.341. The van der Waals surface area contributed by atoms with Gasteiger partial charge in [-0.2, -0.15) is 0 Å². The molecule has 0 saturated heterocycles. The minimum atomic E-state index is -1.44. The molecule has 0 aliphatic carbocycles. The number of carboxylic acid groups (broad SMARTS) is 1. The summed E-state index contributed by atoms with van der Waals surface area (Å²) in [6.45, 7) is 1.13. The molecule has 0 spiro atoms. The second-order valence-corrected chi connectivity index (χ2v) is 0.995. The maximum absolute atomic E-state index is 9.34. The average molecular weight is 293 g/mol.